The van der Waals surface area contributed by atoms with E-state index in [0.29, 0.717) is 17.1 Å². The minimum Gasteiger partial charge on any atom is -0.310 e. The molecule has 1 heterocycles. The minimum absolute atomic E-state index is 0.359. The molecule has 0 N–H and O–H groups in total. The normalized spacial score (nSPS) is 19.9. The van der Waals surface area contributed by atoms with E-state index in [1.165, 1.54) is 87.1 Å². The Labute approximate surface area is 241 Å². The minimum atomic E-state index is 0.359. The van der Waals surface area contributed by atoms with Gasteiger partial charge in [-0.1, -0.05) is 104 Å². The van der Waals surface area contributed by atoms with Crippen LogP contribution in [0, 0.1) is 0 Å². The first-order chi connectivity index (χ1) is 19.8. The van der Waals surface area contributed by atoms with Gasteiger partial charge in [0.15, 0.2) is 0 Å². The summed E-state index contributed by atoms with van der Waals surface area (Å²) in [4.78, 5) is 3.91. The molecular formula is C38H33NS. The molecule has 2 unspecified atom stereocenters. The van der Waals surface area contributed by atoms with E-state index in [0.717, 1.165) is 0 Å². The van der Waals surface area contributed by atoms with Crippen LogP contribution in [0.4, 0.5) is 11.4 Å². The fourth-order valence-corrected chi connectivity index (χ4v) is 8.74. The van der Waals surface area contributed by atoms with Crippen molar-refractivity contribution in [3.8, 4) is 0 Å². The highest BCUT2D eigenvalue weighted by molar-refractivity contribution is 8.00. The molecular weight excluding hydrogens is 502 g/mol. The second-order valence-electron chi connectivity index (χ2n) is 11.5. The number of nitrogens with zero attached hydrogens (tertiary/aromatic N) is 1. The quantitative estimate of drug-likeness (QED) is 0.225. The van der Waals surface area contributed by atoms with Gasteiger partial charge >= 0.3 is 0 Å². The molecule has 0 saturated heterocycles. The van der Waals surface area contributed by atoms with Crippen LogP contribution in [0.1, 0.15) is 66.2 Å². The predicted molar refractivity (Wildman–Crippen MR) is 171 cm³/mol. The van der Waals surface area contributed by atoms with E-state index < -0.39 is 0 Å². The SMILES string of the molecule is C1=C(N(c2ccccc2)c2ccc(C3CCCCC3)cc2)c2ccccc2C2c3c(ccc4ccccc34)SC12. The molecule has 2 heteroatoms. The fraction of sp³-hybridized carbons (Fsp3) is 0.211. The van der Waals surface area contributed by atoms with Crippen molar-refractivity contribution < 1.29 is 0 Å². The van der Waals surface area contributed by atoms with Crippen LogP contribution in [-0.2, 0) is 0 Å². The van der Waals surface area contributed by atoms with Crippen LogP contribution >= 0.6 is 11.8 Å². The molecule has 0 radical (unpaired) electrons. The van der Waals surface area contributed by atoms with Gasteiger partial charge in [0.2, 0.25) is 0 Å². The third kappa shape index (κ3) is 4.00. The van der Waals surface area contributed by atoms with Crippen molar-refractivity contribution in [2.24, 2.45) is 0 Å². The summed E-state index contributed by atoms with van der Waals surface area (Å²) >= 11 is 2.03. The zero-order valence-electron chi connectivity index (χ0n) is 22.7. The first-order valence-corrected chi connectivity index (χ1v) is 15.7. The van der Waals surface area contributed by atoms with E-state index in [2.05, 4.69) is 126 Å². The second kappa shape index (κ2) is 10.0. The maximum Gasteiger partial charge on any atom is 0.0508 e. The smallest absolute Gasteiger partial charge is 0.0508 e. The Balaban J connectivity index is 1.26. The molecule has 196 valence electrons. The van der Waals surface area contributed by atoms with E-state index in [4.69, 9.17) is 0 Å². The summed E-state index contributed by atoms with van der Waals surface area (Å²) in [5.41, 5.74) is 9.51. The van der Waals surface area contributed by atoms with Crippen molar-refractivity contribution in [2.75, 3.05) is 4.90 Å². The zero-order valence-corrected chi connectivity index (χ0v) is 23.5. The Morgan fingerprint density at radius 3 is 2.20 bits per heavy atom. The Morgan fingerprint density at radius 1 is 0.625 bits per heavy atom. The number of hydrogen-bond acceptors (Lipinski definition) is 2. The molecule has 1 fully saturated rings. The lowest BCUT2D eigenvalue weighted by molar-refractivity contribution is 0.443. The monoisotopic (exact) mass is 535 g/mol. The van der Waals surface area contributed by atoms with Crippen LogP contribution in [0.3, 0.4) is 0 Å². The number of benzene rings is 5. The lowest BCUT2D eigenvalue weighted by Crippen LogP contribution is -2.24. The van der Waals surface area contributed by atoms with Gasteiger partial charge in [-0.15, -0.1) is 11.8 Å². The molecule has 8 rings (SSSR count). The molecule has 0 spiro atoms. The van der Waals surface area contributed by atoms with Crippen LogP contribution in [-0.4, -0.2) is 5.25 Å². The first-order valence-electron chi connectivity index (χ1n) is 14.8. The van der Waals surface area contributed by atoms with Crippen molar-refractivity contribution in [3.05, 3.63) is 144 Å². The number of rotatable bonds is 4. The summed E-state index contributed by atoms with van der Waals surface area (Å²) in [6, 6.07) is 43.1. The molecule has 5 aromatic carbocycles. The van der Waals surface area contributed by atoms with Gasteiger partial charge in [-0.05, 0) is 82.6 Å². The lowest BCUT2D eigenvalue weighted by atomic mass is 9.79. The molecule has 0 aromatic heterocycles. The van der Waals surface area contributed by atoms with Crippen molar-refractivity contribution in [3.63, 3.8) is 0 Å². The molecule has 0 amide bonds. The van der Waals surface area contributed by atoms with Gasteiger partial charge in [0.25, 0.3) is 0 Å². The Hall–Kier alpha value is -3.75. The standard InChI is InChI=1S/C38H33NS/c1-3-11-26(12-4-1)27-19-22-30(23-20-27)39(29-14-5-2-6-15-29)34-25-36-38(33-18-10-9-17-32(33)34)37-31-16-8-7-13-28(31)21-24-35(37)40-36/h2,5-10,13-26,36,38H,1,3-4,11-12H2. The second-order valence-corrected chi connectivity index (χ2v) is 12.7. The fourth-order valence-electron chi connectivity index (χ4n) is 7.32. The molecule has 2 atom stereocenters. The molecule has 5 aromatic rings. The third-order valence-electron chi connectivity index (χ3n) is 9.21. The maximum atomic E-state index is 2.55. The number of hydrogen-bond donors (Lipinski definition) is 0. The van der Waals surface area contributed by atoms with Gasteiger partial charge in [-0.25, -0.2) is 0 Å². The Bertz CT molecular complexity index is 1710. The Kier molecular flexibility index (Phi) is 6.03. The van der Waals surface area contributed by atoms with Crippen molar-refractivity contribution in [2.45, 2.75) is 54.1 Å². The molecule has 2 aliphatic carbocycles. The highest BCUT2D eigenvalue weighted by Crippen LogP contribution is 2.56. The summed E-state index contributed by atoms with van der Waals surface area (Å²) in [6.07, 6.45) is 9.33. The summed E-state index contributed by atoms with van der Waals surface area (Å²) in [5, 5.41) is 3.09. The average molecular weight is 536 g/mol. The van der Waals surface area contributed by atoms with Gasteiger partial charge in [-0.2, -0.15) is 0 Å². The van der Waals surface area contributed by atoms with Gasteiger partial charge in [-0.3, -0.25) is 0 Å². The number of anilines is 2. The number of para-hydroxylation sites is 1. The van der Waals surface area contributed by atoms with Crippen molar-refractivity contribution in [1.29, 1.82) is 0 Å². The van der Waals surface area contributed by atoms with E-state index >= 15 is 0 Å². The van der Waals surface area contributed by atoms with Gasteiger partial charge in [0.05, 0.1) is 5.70 Å². The van der Waals surface area contributed by atoms with Crippen LogP contribution in [0.15, 0.2) is 126 Å². The van der Waals surface area contributed by atoms with Crippen LogP contribution < -0.4 is 4.90 Å². The summed E-state index contributed by atoms with van der Waals surface area (Å²) in [6.45, 7) is 0. The largest absolute Gasteiger partial charge is 0.310 e. The first kappa shape index (κ1) is 24.1. The van der Waals surface area contributed by atoms with Crippen molar-refractivity contribution in [1.82, 2.24) is 0 Å². The number of thioether (sulfide) groups is 1. The van der Waals surface area contributed by atoms with E-state index in [-0.39, 0.29) is 0 Å². The van der Waals surface area contributed by atoms with E-state index in [1.807, 2.05) is 11.8 Å². The van der Waals surface area contributed by atoms with Gasteiger partial charge in [0.1, 0.15) is 0 Å². The topological polar surface area (TPSA) is 3.24 Å². The predicted octanol–water partition coefficient (Wildman–Crippen LogP) is 10.7. The van der Waals surface area contributed by atoms with Crippen LogP contribution in [0.2, 0.25) is 0 Å². The summed E-state index contributed by atoms with van der Waals surface area (Å²) in [5.74, 6) is 1.07. The molecule has 3 aliphatic rings. The Morgan fingerprint density at radius 2 is 1.35 bits per heavy atom. The molecule has 1 aliphatic heterocycles. The molecule has 1 nitrogen and oxygen atoms in total. The number of fused-ring (bicyclic) bond motifs is 7. The van der Waals surface area contributed by atoms with E-state index in [1.54, 1.807) is 0 Å². The van der Waals surface area contributed by atoms with Crippen LogP contribution in [0.5, 0.6) is 0 Å². The lowest BCUT2D eigenvalue weighted by Gasteiger charge is -2.35. The average Bonchev–Trinajstić information content (AvgIpc) is 3.42. The van der Waals surface area contributed by atoms with Crippen LogP contribution in [0.25, 0.3) is 16.5 Å². The van der Waals surface area contributed by atoms with Gasteiger partial charge < -0.3 is 4.90 Å². The van der Waals surface area contributed by atoms with E-state index in [9.17, 15) is 0 Å². The summed E-state index contributed by atoms with van der Waals surface area (Å²) < 4.78 is 0. The van der Waals surface area contributed by atoms with Gasteiger partial charge in [0, 0.05) is 33.0 Å². The van der Waals surface area contributed by atoms with Crippen molar-refractivity contribution >= 4 is 39.6 Å². The third-order valence-corrected chi connectivity index (χ3v) is 10.5. The molecule has 1 saturated carbocycles. The highest BCUT2D eigenvalue weighted by atomic mass is 32.2. The zero-order chi connectivity index (χ0) is 26.5. The molecule has 40 heavy (non-hydrogen) atoms. The maximum absolute atomic E-state index is 2.55. The highest BCUT2D eigenvalue weighted by Gasteiger charge is 2.40. The summed E-state index contributed by atoms with van der Waals surface area (Å²) in [7, 11) is 0. The molecule has 0 bridgehead atoms.